The predicted molar refractivity (Wildman–Crippen MR) is 63.3 cm³/mol. The van der Waals surface area contributed by atoms with E-state index >= 15 is 0 Å². The molecule has 0 spiro atoms. The van der Waals surface area contributed by atoms with Gasteiger partial charge in [-0.25, -0.2) is 4.98 Å². The van der Waals surface area contributed by atoms with Crippen molar-refractivity contribution in [3.8, 4) is 0 Å². The third kappa shape index (κ3) is 2.83. The number of piperidine rings is 1. The Hall–Kier alpha value is -0.870. The molecule has 90 valence electrons. The summed E-state index contributed by atoms with van der Waals surface area (Å²) in [6.45, 7) is 7.10. The fourth-order valence-corrected chi connectivity index (χ4v) is 2.07. The largest absolute Gasteiger partial charge is 0.371 e. The summed E-state index contributed by atoms with van der Waals surface area (Å²) in [7, 11) is 0. The van der Waals surface area contributed by atoms with Crippen molar-refractivity contribution in [2.75, 3.05) is 13.1 Å². The summed E-state index contributed by atoms with van der Waals surface area (Å²) >= 11 is 0. The topological polar surface area (TPSA) is 39.1 Å². The first-order valence-corrected chi connectivity index (χ1v) is 6.10. The number of ether oxygens (including phenoxy) is 1. The van der Waals surface area contributed by atoms with E-state index in [2.05, 4.69) is 28.7 Å². The standard InChI is InChI=1S/C12H21N3O/c1-10(2)15-9-14-6-11(15)8-16-12-4-3-5-13-7-12/h6,9-10,12-13H,3-5,7-8H2,1-2H3. The minimum Gasteiger partial charge on any atom is -0.371 e. The maximum absolute atomic E-state index is 5.89. The van der Waals surface area contributed by atoms with E-state index in [0.29, 0.717) is 18.8 Å². The summed E-state index contributed by atoms with van der Waals surface area (Å²) in [5.41, 5.74) is 1.17. The van der Waals surface area contributed by atoms with Crippen molar-refractivity contribution in [2.24, 2.45) is 0 Å². The van der Waals surface area contributed by atoms with Crippen LogP contribution in [-0.2, 0) is 11.3 Å². The highest BCUT2D eigenvalue weighted by Crippen LogP contribution is 2.13. The van der Waals surface area contributed by atoms with Crippen LogP contribution >= 0.6 is 0 Å². The normalized spacial score (nSPS) is 21.6. The number of hydrogen-bond donors (Lipinski definition) is 1. The molecule has 1 aliphatic rings. The zero-order chi connectivity index (χ0) is 11.4. The summed E-state index contributed by atoms with van der Waals surface area (Å²) in [6, 6.07) is 0.450. The minimum absolute atomic E-state index is 0.365. The van der Waals surface area contributed by atoms with Gasteiger partial charge in [0.05, 0.1) is 30.9 Å². The molecule has 1 aliphatic heterocycles. The zero-order valence-corrected chi connectivity index (χ0v) is 10.1. The van der Waals surface area contributed by atoms with E-state index in [1.165, 1.54) is 18.5 Å². The van der Waals surface area contributed by atoms with Gasteiger partial charge in [-0.05, 0) is 33.2 Å². The molecule has 2 heterocycles. The lowest BCUT2D eigenvalue weighted by Crippen LogP contribution is -2.35. The maximum Gasteiger partial charge on any atom is 0.0951 e. The second-order valence-electron chi connectivity index (χ2n) is 4.67. The quantitative estimate of drug-likeness (QED) is 0.845. The average molecular weight is 223 g/mol. The van der Waals surface area contributed by atoms with Crippen LogP contribution in [0, 0.1) is 0 Å². The van der Waals surface area contributed by atoms with Crippen LogP contribution in [0.25, 0.3) is 0 Å². The van der Waals surface area contributed by atoms with E-state index in [-0.39, 0.29) is 0 Å². The fraction of sp³-hybridized carbons (Fsp3) is 0.750. The molecule has 0 aliphatic carbocycles. The van der Waals surface area contributed by atoms with Crippen LogP contribution in [0.4, 0.5) is 0 Å². The molecule has 1 aromatic heterocycles. The maximum atomic E-state index is 5.89. The monoisotopic (exact) mass is 223 g/mol. The lowest BCUT2D eigenvalue weighted by Gasteiger charge is -2.23. The van der Waals surface area contributed by atoms with Gasteiger partial charge in [-0.3, -0.25) is 0 Å². The van der Waals surface area contributed by atoms with Gasteiger partial charge in [0.25, 0.3) is 0 Å². The second-order valence-corrected chi connectivity index (χ2v) is 4.67. The summed E-state index contributed by atoms with van der Waals surface area (Å²) < 4.78 is 8.06. The molecule has 1 N–H and O–H groups in total. The van der Waals surface area contributed by atoms with Crippen molar-refractivity contribution < 1.29 is 4.74 Å². The lowest BCUT2D eigenvalue weighted by molar-refractivity contribution is 0.0219. The highest BCUT2D eigenvalue weighted by molar-refractivity contribution is 4.98. The minimum atomic E-state index is 0.365. The second kappa shape index (κ2) is 5.46. The highest BCUT2D eigenvalue weighted by Gasteiger charge is 2.14. The van der Waals surface area contributed by atoms with Crippen molar-refractivity contribution in [1.82, 2.24) is 14.9 Å². The summed E-state index contributed by atoms with van der Waals surface area (Å²) in [6.07, 6.45) is 6.53. The fourth-order valence-electron chi connectivity index (χ4n) is 2.07. The van der Waals surface area contributed by atoms with E-state index in [1.807, 2.05) is 12.5 Å². The van der Waals surface area contributed by atoms with Gasteiger partial charge in [0, 0.05) is 12.6 Å². The van der Waals surface area contributed by atoms with Crippen molar-refractivity contribution in [2.45, 2.75) is 45.4 Å². The number of hydrogen-bond acceptors (Lipinski definition) is 3. The smallest absolute Gasteiger partial charge is 0.0951 e. The first kappa shape index (κ1) is 11.6. The molecule has 1 saturated heterocycles. The molecular formula is C12H21N3O. The van der Waals surface area contributed by atoms with Crippen LogP contribution in [0.2, 0.25) is 0 Å². The first-order valence-electron chi connectivity index (χ1n) is 6.10. The van der Waals surface area contributed by atoms with E-state index in [0.717, 1.165) is 13.1 Å². The molecule has 0 amide bonds. The van der Waals surface area contributed by atoms with Crippen LogP contribution in [0.15, 0.2) is 12.5 Å². The Balaban J connectivity index is 1.86. The summed E-state index contributed by atoms with van der Waals surface area (Å²) in [4.78, 5) is 4.17. The Bertz CT molecular complexity index is 316. The Morgan fingerprint density at radius 2 is 2.50 bits per heavy atom. The molecule has 1 fully saturated rings. The van der Waals surface area contributed by atoms with Crippen LogP contribution in [0.1, 0.15) is 38.4 Å². The number of imidazole rings is 1. The molecule has 2 rings (SSSR count). The molecule has 0 aromatic carbocycles. The Morgan fingerprint density at radius 1 is 1.62 bits per heavy atom. The number of aromatic nitrogens is 2. The molecular weight excluding hydrogens is 202 g/mol. The zero-order valence-electron chi connectivity index (χ0n) is 10.1. The SMILES string of the molecule is CC(C)n1cncc1COC1CCCNC1. The molecule has 16 heavy (non-hydrogen) atoms. The van der Waals surface area contributed by atoms with Gasteiger partial charge in [-0.2, -0.15) is 0 Å². The Kier molecular flexibility index (Phi) is 3.96. The van der Waals surface area contributed by atoms with Crippen molar-refractivity contribution in [1.29, 1.82) is 0 Å². The van der Waals surface area contributed by atoms with Gasteiger partial charge in [-0.1, -0.05) is 0 Å². The molecule has 0 radical (unpaired) electrons. The van der Waals surface area contributed by atoms with E-state index < -0.39 is 0 Å². The molecule has 4 nitrogen and oxygen atoms in total. The van der Waals surface area contributed by atoms with Gasteiger partial charge in [0.15, 0.2) is 0 Å². The van der Waals surface area contributed by atoms with Crippen molar-refractivity contribution >= 4 is 0 Å². The van der Waals surface area contributed by atoms with Crippen molar-refractivity contribution in [3.63, 3.8) is 0 Å². The predicted octanol–water partition coefficient (Wildman–Crippen LogP) is 1.73. The molecule has 1 aromatic rings. The van der Waals surface area contributed by atoms with E-state index in [9.17, 15) is 0 Å². The lowest BCUT2D eigenvalue weighted by atomic mass is 10.1. The number of rotatable bonds is 4. The Labute approximate surface area is 97.0 Å². The van der Waals surface area contributed by atoms with Crippen LogP contribution < -0.4 is 5.32 Å². The highest BCUT2D eigenvalue weighted by atomic mass is 16.5. The molecule has 0 bridgehead atoms. The summed E-state index contributed by atoms with van der Waals surface area (Å²) in [5.74, 6) is 0. The number of nitrogens with one attached hydrogen (secondary N) is 1. The van der Waals surface area contributed by atoms with Crippen LogP contribution in [-0.4, -0.2) is 28.7 Å². The van der Waals surface area contributed by atoms with Gasteiger partial charge < -0.3 is 14.6 Å². The molecule has 1 unspecified atom stereocenters. The summed E-state index contributed by atoms with van der Waals surface area (Å²) in [5, 5.41) is 3.35. The molecule has 4 heteroatoms. The van der Waals surface area contributed by atoms with E-state index in [1.54, 1.807) is 0 Å². The van der Waals surface area contributed by atoms with Gasteiger partial charge >= 0.3 is 0 Å². The van der Waals surface area contributed by atoms with Gasteiger partial charge in [0.1, 0.15) is 0 Å². The molecule has 1 atom stereocenters. The third-order valence-corrected chi connectivity index (χ3v) is 3.02. The first-order chi connectivity index (χ1) is 7.77. The van der Waals surface area contributed by atoms with Gasteiger partial charge in [-0.15, -0.1) is 0 Å². The third-order valence-electron chi connectivity index (χ3n) is 3.02. The average Bonchev–Trinajstić information content (AvgIpc) is 2.76. The molecule has 0 saturated carbocycles. The van der Waals surface area contributed by atoms with Gasteiger partial charge in [0.2, 0.25) is 0 Å². The van der Waals surface area contributed by atoms with Crippen LogP contribution in [0.5, 0.6) is 0 Å². The Morgan fingerprint density at radius 3 is 3.19 bits per heavy atom. The van der Waals surface area contributed by atoms with Crippen LogP contribution in [0.3, 0.4) is 0 Å². The van der Waals surface area contributed by atoms with E-state index in [4.69, 9.17) is 4.74 Å². The number of nitrogens with zero attached hydrogens (tertiary/aromatic N) is 2. The van der Waals surface area contributed by atoms with Crippen molar-refractivity contribution in [3.05, 3.63) is 18.2 Å².